The van der Waals surface area contributed by atoms with Gasteiger partial charge in [0.25, 0.3) is 0 Å². The van der Waals surface area contributed by atoms with E-state index < -0.39 is 0 Å². The highest BCUT2D eigenvalue weighted by Gasteiger charge is 2.33. The topological polar surface area (TPSA) is 38.3 Å². The Morgan fingerprint density at radius 1 is 1.18 bits per heavy atom. The maximum absolute atomic E-state index is 6.30. The molecule has 1 aromatic carbocycles. The molecule has 1 unspecified atom stereocenters. The number of hydrogen-bond acceptors (Lipinski definition) is 4. The van der Waals surface area contributed by atoms with Crippen molar-refractivity contribution in [3.63, 3.8) is 0 Å². The first-order chi connectivity index (χ1) is 10.8. The Bertz CT molecular complexity index is 706. The number of nitrogens with zero attached hydrogens (tertiary/aromatic N) is 3. The van der Waals surface area contributed by atoms with Crippen molar-refractivity contribution in [2.45, 2.75) is 25.7 Å². The van der Waals surface area contributed by atoms with E-state index in [1.165, 1.54) is 25.7 Å². The molecule has 0 N–H and O–H groups in total. The fourth-order valence-corrected chi connectivity index (χ4v) is 4.32. The van der Waals surface area contributed by atoms with Crippen LogP contribution in [0.3, 0.4) is 0 Å². The van der Waals surface area contributed by atoms with E-state index in [1.807, 2.05) is 12.1 Å². The highest BCUT2D eigenvalue weighted by molar-refractivity contribution is 6.33. The highest BCUT2D eigenvalue weighted by Crippen LogP contribution is 2.40. The zero-order valence-corrected chi connectivity index (χ0v) is 13.5. The van der Waals surface area contributed by atoms with Gasteiger partial charge in [0.05, 0.1) is 17.6 Å². The Balaban J connectivity index is 1.73. The molecule has 116 valence electrons. The third-order valence-corrected chi connectivity index (χ3v) is 5.52. The van der Waals surface area contributed by atoms with Crippen molar-refractivity contribution in [1.82, 2.24) is 9.97 Å². The van der Waals surface area contributed by atoms with E-state index in [9.17, 15) is 0 Å². The van der Waals surface area contributed by atoms with E-state index in [0.29, 0.717) is 10.8 Å². The second-order valence-electron chi connectivity index (χ2n) is 6.39. The number of halogens is 1. The van der Waals surface area contributed by atoms with E-state index in [1.54, 1.807) is 13.4 Å². The molecule has 1 aromatic heterocycles. The quantitative estimate of drug-likeness (QED) is 0.841. The number of rotatable bonds is 2. The number of methoxy groups -OCH3 is 1. The van der Waals surface area contributed by atoms with Crippen LogP contribution in [0, 0.1) is 11.8 Å². The van der Waals surface area contributed by atoms with E-state index in [2.05, 4.69) is 14.9 Å². The summed E-state index contributed by atoms with van der Waals surface area (Å²) in [5, 5.41) is 1.63. The van der Waals surface area contributed by atoms with Crippen LogP contribution in [-0.2, 0) is 0 Å². The fraction of sp³-hybridized carbons (Fsp3) is 0.529. The molecule has 2 fully saturated rings. The van der Waals surface area contributed by atoms with E-state index >= 15 is 0 Å². The molecule has 2 aliphatic rings. The van der Waals surface area contributed by atoms with E-state index in [-0.39, 0.29) is 0 Å². The molecule has 5 heteroatoms. The van der Waals surface area contributed by atoms with Gasteiger partial charge in [0.2, 0.25) is 0 Å². The summed E-state index contributed by atoms with van der Waals surface area (Å²) in [6, 6.07) is 3.83. The monoisotopic (exact) mass is 317 g/mol. The molecule has 1 aliphatic carbocycles. The molecule has 0 radical (unpaired) electrons. The minimum absolute atomic E-state index is 0.613. The Hall–Kier alpha value is -1.55. The molecule has 22 heavy (non-hydrogen) atoms. The molecule has 0 spiro atoms. The van der Waals surface area contributed by atoms with E-state index in [0.717, 1.165) is 41.6 Å². The van der Waals surface area contributed by atoms with Crippen LogP contribution in [0.25, 0.3) is 10.9 Å². The van der Waals surface area contributed by atoms with Crippen molar-refractivity contribution < 1.29 is 4.74 Å². The fourth-order valence-electron chi connectivity index (χ4n) is 4.07. The molecule has 0 amide bonds. The van der Waals surface area contributed by atoms with Gasteiger partial charge in [-0.1, -0.05) is 24.4 Å². The minimum Gasteiger partial charge on any atom is -0.495 e. The van der Waals surface area contributed by atoms with Crippen LogP contribution in [0.4, 0.5) is 5.82 Å². The summed E-state index contributed by atoms with van der Waals surface area (Å²) in [6.07, 6.45) is 7.08. The molecule has 2 aromatic rings. The van der Waals surface area contributed by atoms with Gasteiger partial charge < -0.3 is 9.64 Å². The molecular weight excluding hydrogens is 298 g/mol. The van der Waals surface area contributed by atoms with Gasteiger partial charge in [-0.2, -0.15) is 0 Å². The van der Waals surface area contributed by atoms with Crippen molar-refractivity contribution in [3.8, 4) is 5.75 Å². The van der Waals surface area contributed by atoms with Crippen molar-refractivity contribution in [2.75, 3.05) is 25.1 Å². The maximum Gasteiger partial charge on any atom is 0.139 e. The standard InChI is InChI=1S/C17H20ClN3O/c1-22-16-8-15-13(7-14(16)18)17(20-10-19-15)21-6-5-11-3-2-4-12(11)9-21/h7-8,10-12H,2-6,9H2,1H3/t11?,12-/m0/s1. The van der Waals surface area contributed by atoms with Gasteiger partial charge in [-0.15, -0.1) is 0 Å². The number of fused-ring (bicyclic) bond motifs is 2. The lowest BCUT2D eigenvalue weighted by Gasteiger charge is -2.36. The number of ether oxygens (including phenoxy) is 1. The van der Waals surface area contributed by atoms with Gasteiger partial charge >= 0.3 is 0 Å². The third kappa shape index (κ3) is 2.30. The summed E-state index contributed by atoms with van der Waals surface area (Å²) >= 11 is 6.30. The predicted octanol–water partition coefficient (Wildman–Crippen LogP) is 3.92. The largest absolute Gasteiger partial charge is 0.495 e. The first-order valence-corrected chi connectivity index (χ1v) is 8.37. The molecule has 2 heterocycles. The van der Waals surface area contributed by atoms with Gasteiger partial charge in [0.15, 0.2) is 0 Å². The summed E-state index contributed by atoms with van der Waals surface area (Å²) in [4.78, 5) is 11.3. The second-order valence-corrected chi connectivity index (χ2v) is 6.79. The van der Waals surface area contributed by atoms with Crippen LogP contribution >= 0.6 is 11.6 Å². The number of benzene rings is 1. The van der Waals surface area contributed by atoms with Gasteiger partial charge in [-0.3, -0.25) is 0 Å². The average Bonchev–Trinajstić information content (AvgIpc) is 3.01. The molecular formula is C17H20ClN3O. The summed E-state index contributed by atoms with van der Waals surface area (Å²) in [7, 11) is 1.63. The molecule has 1 saturated carbocycles. The Kier molecular flexibility index (Phi) is 3.57. The smallest absolute Gasteiger partial charge is 0.139 e. The molecule has 0 bridgehead atoms. The number of anilines is 1. The van der Waals surface area contributed by atoms with Gasteiger partial charge in [-0.05, 0) is 30.7 Å². The minimum atomic E-state index is 0.613. The van der Waals surface area contributed by atoms with Crippen molar-refractivity contribution >= 4 is 28.3 Å². The van der Waals surface area contributed by atoms with Crippen LogP contribution in [0.2, 0.25) is 5.02 Å². The summed E-state index contributed by atoms with van der Waals surface area (Å²) < 4.78 is 5.29. The number of hydrogen-bond donors (Lipinski definition) is 0. The lowest BCUT2D eigenvalue weighted by atomic mass is 9.88. The molecule has 1 saturated heterocycles. The first-order valence-electron chi connectivity index (χ1n) is 7.99. The zero-order valence-electron chi connectivity index (χ0n) is 12.8. The molecule has 1 aliphatic heterocycles. The van der Waals surface area contributed by atoms with Crippen LogP contribution in [0.5, 0.6) is 5.75 Å². The van der Waals surface area contributed by atoms with Gasteiger partial charge in [0, 0.05) is 24.5 Å². The summed E-state index contributed by atoms with van der Waals surface area (Å²) in [6.45, 7) is 2.19. The third-order valence-electron chi connectivity index (χ3n) is 5.23. The van der Waals surface area contributed by atoms with Gasteiger partial charge in [0.1, 0.15) is 17.9 Å². The Morgan fingerprint density at radius 2 is 2.05 bits per heavy atom. The molecule has 2 atom stereocenters. The van der Waals surface area contributed by atoms with Gasteiger partial charge in [-0.25, -0.2) is 9.97 Å². The lowest BCUT2D eigenvalue weighted by Crippen LogP contribution is -2.39. The summed E-state index contributed by atoms with van der Waals surface area (Å²) in [5.74, 6) is 3.42. The Morgan fingerprint density at radius 3 is 2.91 bits per heavy atom. The second kappa shape index (κ2) is 5.58. The average molecular weight is 318 g/mol. The van der Waals surface area contributed by atoms with E-state index in [4.69, 9.17) is 16.3 Å². The summed E-state index contributed by atoms with van der Waals surface area (Å²) in [5.41, 5.74) is 0.889. The van der Waals surface area contributed by atoms with Crippen LogP contribution < -0.4 is 9.64 Å². The SMILES string of the molecule is COc1cc2ncnc(N3CCC4CCC[C@H]4C3)c2cc1Cl. The molecule has 4 rings (SSSR count). The van der Waals surface area contributed by atoms with Crippen molar-refractivity contribution in [3.05, 3.63) is 23.5 Å². The predicted molar refractivity (Wildman–Crippen MR) is 88.8 cm³/mol. The van der Waals surface area contributed by atoms with Crippen molar-refractivity contribution in [1.29, 1.82) is 0 Å². The van der Waals surface area contributed by atoms with Crippen LogP contribution in [0.15, 0.2) is 18.5 Å². The maximum atomic E-state index is 6.30. The number of aromatic nitrogens is 2. The van der Waals surface area contributed by atoms with Crippen LogP contribution in [0.1, 0.15) is 25.7 Å². The zero-order chi connectivity index (χ0) is 15.1. The first kappa shape index (κ1) is 14.1. The van der Waals surface area contributed by atoms with Crippen LogP contribution in [-0.4, -0.2) is 30.2 Å². The lowest BCUT2D eigenvalue weighted by molar-refractivity contribution is 0.323. The van der Waals surface area contributed by atoms with Crippen molar-refractivity contribution in [2.24, 2.45) is 11.8 Å². The highest BCUT2D eigenvalue weighted by atomic mass is 35.5. The molecule has 4 nitrogen and oxygen atoms in total. The normalized spacial score (nSPS) is 24.5. The Labute approximate surface area is 135 Å². The number of piperidine rings is 1.